The number of nitrogens with one attached hydrogen (secondary N) is 1. The first-order valence-electron chi connectivity index (χ1n) is 10.1. The Hall–Kier alpha value is -2.87. The molecule has 0 aliphatic carbocycles. The van der Waals surface area contributed by atoms with Crippen LogP contribution >= 0.6 is 0 Å². The number of benzene rings is 2. The van der Waals surface area contributed by atoms with Crippen molar-refractivity contribution < 1.29 is 4.79 Å². The molecule has 4 nitrogen and oxygen atoms in total. The van der Waals surface area contributed by atoms with Gasteiger partial charge in [0.1, 0.15) is 0 Å². The Morgan fingerprint density at radius 1 is 1.07 bits per heavy atom. The summed E-state index contributed by atoms with van der Waals surface area (Å²) in [5.41, 5.74) is 3.90. The van der Waals surface area contributed by atoms with Gasteiger partial charge in [-0.05, 0) is 30.3 Å². The third-order valence-electron chi connectivity index (χ3n) is 5.12. The molecule has 29 heavy (non-hydrogen) atoms. The Labute approximate surface area is 174 Å². The van der Waals surface area contributed by atoms with Gasteiger partial charge in [0.25, 0.3) is 0 Å². The van der Waals surface area contributed by atoms with Crippen molar-refractivity contribution in [3.8, 4) is 11.8 Å². The van der Waals surface area contributed by atoms with Crippen LogP contribution in [0, 0.1) is 11.8 Å². The predicted molar refractivity (Wildman–Crippen MR) is 119 cm³/mol. The fraction of sp³-hybridized carbons (Fsp3) is 0.320. The van der Waals surface area contributed by atoms with Crippen molar-refractivity contribution in [2.75, 3.05) is 40.3 Å². The van der Waals surface area contributed by atoms with E-state index in [0.717, 1.165) is 43.9 Å². The maximum Gasteiger partial charge on any atom is 0.167 e. The predicted octanol–water partition coefficient (Wildman–Crippen LogP) is 2.94. The number of piperazine rings is 1. The maximum absolute atomic E-state index is 12.7. The van der Waals surface area contributed by atoms with Crippen LogP contribution in [0.1, 0.15) is 27.0 Å². The van der Waals surface area contributed by atoms with E-state index in [1.807, 2.05) is 31.3 Å². The third-order valence-corrected chi connectivity index (χ3v) is 5.12. The molecule has 0 bridgehead atoms. The average Bonchev–Trinajstić information content (AvgIpc) is 2.74. The highest BCUT2D eigenvalue weighted by Crippen LogP contribution is 2.13. The smallest absolute Gasteiger partial charge is 0.167 e. The Balaban J connectivity index is 1.57. The zero-order chi connectivity index (χ0) is 20.5. The summed E-state index contributed by atoms with van der Waals surface area (Å²) in [6.07, 6.45) is 3.93. The number of ketones is 1. The van der Waals surface area contributed by atoms with E-state index < -0.39 is 0 Å². The summed E-state index contributed by atoms with van der Waals surface area (Å²) < 4.78 is 0. The maximum atomic E-state index is 12.7. The number of carbonyl (C=O) groups excluding carboxylic acids is 1. The monoisotopic (exact) mass is 387 g/mol. The van der Waals surface area contributed by atoms with Gasteiger partial charge >= 0.3 is 0 Å². The minimum Gasteiger partial charge on any atom is -0.393 e. The Morgan fingerprint density at radius 2 is 1.79 bits per heavy atom. The molecule has 0 aromatic heterocycles. The Kier molecular flexibility index (Phi) is 7.63. The summed E-state index contributed by atoms with van der Waals surface area (Å²) in [7, 11) is 4.00. The first-order chi connectivity index (χ1) is 14.1. The molecule has 0 amide bonds. The molecule has 0 atom stereocenters. The van der Waals surface area contributed by atoms with Gasteiger partial charge < -0.3 is 10.2 Å². The van der Waals surface area contributed by atoms with Crippen molar-refractivity contribution >= 4 is 5.78 Å². The topological polar surface area (TPSA) is 35.6 Å². The van der Waals surface area contributed by atoms with Crippen molar-refractivity contribution in [1.82, 2.24) is 15.1 Å². The lowest BCUT2D eigenvalue weighted by Crippen LogP contribution is -2.43. The molecule has 1 aliphatic rings. The molecule has 150 valence electrons. The van der Waals surface area contributed by atoms with Crippen LogP contribution in [0.4, 0.5) is 0 Å². The average molecular weight is 388 g/mol. The lowest BCUT2D eigenvalue weighted by molar-refractivity contribution is 0.0993. The normalized spacial score (nSPS) is 15.1. The van der Waals surface area contributed by atoms with E-state index in [1.54, 1.807) is 12.3 Å². The SMILES string of the molecule is CN/C=C/C#Cc1cccc(C(=O)Cc2ccc(CN3CCN(C)CC3)cc2)c1. The number of carbonyl (C=O) groups is 1. The zero-order valence-electron chi connectivity index (χ0n) is 17.3. The molecule has 1 fully saturated rings. The molecule has 2 aromatic carbocycles. The molecule has 0 spiro atoms. The number of allylic oxidation sites excluding steroid dienone is 1. The molecule has 1 saturated heterocycles. The fourth-order valence-corrected chi connectivity index (χ4v) is 3.33. The van der Waals surface area contributed by atoms with Gasteiger partial charge in [-0.3, -0.25) is 9.69 Å². The highest BCUT2D eigenvalue weighted by Gasteiger charge is 2.14. The summed E-state index contributed by atoms with van der Waals surface area (Å²) in [6.45, 7) is 5.45. The summed E-state index contributed by atoms with van der Waals surface area (Å²) >= 11 is 0. The van der Waals surface area contributed by atoms with Gasteiger partial charge in [0.15, 0.2) is 5.78 Å². The number of hydrogen-bond acceptors (Lipinski definition) is 4. The van der Waals surface area contributed by atoms with Gasteiger partial charge in [-0.1, -0.05) is 48.2 Å². The first-order valence-corrected chi connectivity index (χ1v) is 10.1. The van der Waals surface area contributed by atoms with E-state index in [4.69, 9.17) is 0 Å². The second kappa shape index (κ2) is 10.6. The molecule has 0 radical (unpaired) electrons. The van der Waals surface area contributed by atoms with Crippen LogP contribution in [0.2, 0.25) is 0 Å². The zero-order valence-corrected chi connectivity index (χ0v) is 17.3. The van der Waals surface area contributed by atoms with Crippen LogP contribution in [0.15, 0.2) is 60.8 Å². The Bertz CT molecular complexity index is 898. The number of hydrogen-bond donors (Lipinski definition) is 1. The van der Waals surface area contributed by atoms with Crippen LogP contribution in [0.25, 0.3) is 0 Å². The minimum atomic E-state index is 0.117. The minimum absolute atomic E-state index is 0.117. The lowest BCUT2D eigenvalue weighted by Gasteiger charge is -2.32. The van der Waals surface area contributed by atoms with Gasteiger partial charge in [-0.15, -0.1) is 0 Å². The van der Waals surface area contributed by atoms with Gasteiger partial charge in [0.2, 0.25) is 0 Å². The van der Waals surface area contributed by atoms with Gasteiger partial charge in [-0.25, -0.2) is 0 Å². The third kappa shape index (κ3) is 6.60. The van der Waals surface area contributed by atoms with Crippen LogP contribution in [0.3, 0.4) is 0 Å². The van der Waals surface area contributed by atoms with E-state index >= 15 is 0 Å². The van der Waals surface area contributed by atoms with Crippen molar-refractivity contribution in [3.63, 3.8) is 0 Å². The van der Waals surface area contributed by atoms with E-state index in [0.29, 0.717) is 12.0 Å². The molecule has 1 aliphatic heterocycles. The first kappa shape index (κ1) is 20.9. The molecule has 0 saturated carbocycles. The van der Waals surface area contributed by atoms with Gasteiger partial charge in [-0.2, -0.15) is 0 Å². The molecular formula is C25H29N3O. The summed E-state index contributed by atoms with van der Waals surface area (Å²) in [5, 5.41) is 2.90. The molecule has 2 aromatic rings. The molecular weight excluding hydrogens is 358 g/mol. The van der Waals surface area contributed by atoms with Gasteiger partial charge in [0, 0.05) is 69.6 Å². The largest absolute Gasteiger partial charge is 0.393 e. The van der Waals surface area contributed by atoms with E-state index in [-0.39, 0.29) is 5.78 Å². The second-order valence-corrected chi connectivity index (χ2v) is 7.47. The van der Waals surface area contributed by atoms with Crippen LogP contribution in [0.5, 0.6) is 0 Å². The van der Waals surface area contributed by atoms with Crippen molar-refractivity contribution in [3.05, 3.63) is 83.1 Å². The van der Waals surface area contributed by atoms with Crippen LogP contribution in [-0.2, 0) is 13.0 Å². The molecule has 1 heterocycles. The van der Waals surface area contributed by atoms with Crippen molar-refractivity contribution in [2.24, 2.45) is 0 Å². The van der Waals surface area contributed by atoms with Crippen LogP contribution < -0.4 is 5.32 Å². The van der Waals surface area contributed by atoms with Crippen molar-refractivity contribution in [2.45, 2.75) is 13.0 Å². The van der Waals surface area contributed by atoms with E-state index in [2.05, 4.69) is 58.3 Å². The Morgan fingerprint density at radius 3 is 2.52 bits per heavy atom. The number of likely N-dealkylation sites (N-methyl/N-ethyl adjacent to an activating group) is 1. The number of Topliss-reactive ketones (excluding diaryl/α,β-unsaturated/α-hetero) is 1. The van der Waals surface area contributed by atoms with Crippen LogP contribution in [-0.4, -0.2) is 55.9 Å². The highest BCUT2D eigenvalue weighted by molar-refractivity contribution is 5.97. The number of nitrogens with zero attached hydrogens (tertiary/aromatic N) is 2. The van der Waals surface area contributed by atoms with E-state index in [9.17, 15) is 4.79 Å². The van der Waals surface area contributed by atoms with Gasteiger partial charge in [0.05, 0.1) is 0 Å². The standard InChI is InChI=1S/C25H29N3O/c1-26-13-4-3-6-21-7-5-8-24(18-21)25(29)19-22-9-11-23(12-10-22)20-28-16-14-27(2)15-17-28/h4-5,7-13,18,26H,14-17,19-20H2,1-2H3/b13-4+. The second-order valence-electron chi connectivity index (χ2n) is 7.47. The summed E-state index contributed by atoms with van der Waals surface area (Å²) in [6, 6.07) is 16.0. The molecule has 3 rings (SSSR count). The summed E-state index contributed by atoms with van der Waals surface area (Å²) in [4.78, 5) is 17.5. The number of rotatable bonds is 6. The van der Waals surface area contributed by atoms with Crippen molar-refractivity contribution in [1.29, 1.82) is 0 Å². The molecule has 1 N–H and O–H groups in total. The van der Waals surface area contributed by atoms with E-state index in [1.165, 1.54) is 5.56 Å². The lowest BCUT2D eigenvalue weighted by atomic mass is 10.0. The quantitative estimate of drug-likeness (QED) is 0.611. The fourth-order valence-electron chi connectivity index (χ4n) is 3.33. The molecule has 0 unspecified atom stereocenters. The molecule has 4 heteroatoms. The highest BCUT2D eigenvalue weighted by atomic mass is 16.1. The summed E-state index contributed by atoms with van der Waals surface area (Å²) in [5.74, 6) is 6.12.